The minimum Gasteiger partial charge on any atom is -0.481 e. The van der Waals surface area contributed by atoms with Crippen LogP contribution in [0.1, 0.15) is 23.0 Å². The van der Waals surface area contributed by atoms with Gasteiger partial charge in [0, 0.05) is 35.3 Å². The number of aromatic nitrogens is 1. The van der Waals surface area contributed by atoms with Crippen molar-refractivity contribution in [2.45, 2.75) is 23.5 Å². The number of hydrogen-bond acceptors (Lipinski definition) is 5. The average molecular weight is 385 g/mol. The van der Waals surface area contributed by atoms with Crippen molar-refractivity contribution >= 4 is 35.2 Å². The van der Waals surface area contributed by atoms with Gasteiger partial charge in [-0.3, -0.25) is 19.4 Å². The number of hydrogen-bond donors (Lipinski definition) is 3. The van der Waals surface area contributed by atoms with E-state index in [2.05, 4.69) is 15.6 Å². The molecular formula is C19H19N3O4S. The molecule has 1 aromatic carbocycles. The molecule has 2 unspecified atom stereocenters. The van der Waals surface area contributed by atoms with E-state index in [0.717, 1.165) is 4.90 Å². The molecule has 3 rings (SSSR count). The molecule has 0 fully saturated rings. The lowest BCUT2D eigenvalue weighted by Crippen LogP contribution is -2.34. The first-order valence-electron chi connectivity index (χ1n) is 8.46. The fraction of sp³-hybridized carbons (Fsp3) is 0.263. The molecule has 2 amide bonds. The monoisotopic (exact) mass is 385 g/mol. The van der Waals surface area contributed by atoms with Crippen LogP contribution < -0.4 is 10.6 Å². The van der Waals surface area contributed by atoms with E-state index in [9.17, 15) is 19.5 Å². The lowest BCUT2D eigenvalue weighted by molar-refractivity contribution is -0.141. The number of nitrogens with one attached hydrogen (secondary N) is 2. The van der Waals surface area contributed by atoms with E-state index >= 15 is 0 Å². The van der Waals surface area contributed by atoms with E-state index in [4.69, 9.17) is 0 Å². The Kier molecular flexibility index (Phi) is 5.75. The van der Waals surface area contributed by atoms with Crippen molar-refractivity contribution in [1.82, 2.24) is 10.3 Å². The third-order valence-electron chi connectivity index (χ3n) is 4.21. The highest BCUT2D eigenvalue weighted by atomic mass is 32.2. The van der Waals surface area contributed by atoms with Crippen LogP contribution in [0.4, 0.5) is 5.69 Å². The molecule has 0 radical (unpaired) electrons. The summed E-state index contributed by atoms with van der Waals surface area (Å²) in [5.41, 5.74) is 1.62. The van der Waals surface area contributed by atoms with Gasteiger partial charge in [-0.05, 0) is 37.3 Å². The molecular weight excluding hydrogens is 366 g/mol. The van der Waals surface area contributed by atoms with Crippen LogP contribution in [-0.4, -0.2) is 39.7 Å². The maximum absolute atomic E-state index is 12.4. The van der Waals surface area contributed by atoms with Crippen molar-refractivity contribution < 1.29 is 19.5 Å². The Labute approximate surface area is 160 Å². The molecule has 2 heterocycles. The molecule has 1 aliphatic heterocycles. The second-order valence-corrected chi connectivity index (χ2v) is 7.61. The van der Waals surface area contributed by atoms with Crippen molar-refractivity contribution in [3.63, 3.8) is 0 Å². The number of carboxylic acid groups (broad SMARTS) is 1. The molecule has 2 atom stereocenters. The summed E-state index contributed by atoms with van der Waals surface area (Å²) < 4.78 is 0. The van der Waals surface area contributed by atoms with Crippen LogP contribution in [0.3, 0.4) is 0 Å². The lowest BCUT2D eigenvalue weighted by Gasteiger charge is -2.21. The van der Waals surface area contributed by atoms with Gasteiger partial charge in [0.15, 0.2) is 0 Å². The van der Waals surface area contributed by atoms with Gasteiger partial charge in [-0.25, -0.2) is 0 Å². The standard InChI is InChI=1S/C19H19N3O4S/c1-11-17(23)22-15-9-12(5-6-16(15)27-11)18(24)21-10-13(19(25)26)8-14-4-2-3-7-20-14/h2-7,9,11,13H,8,10H2,1H3,(H,21,24)(H,22,23)(H,25,26). The average Bonchev–Trinajstić information content (AvgIpc) is 2.66. The Hall–Kier alpha value is -2.87. The maximum atomic E-state index is 12.4. The number of carboxylic acids is 1. The second kappa shape index (κ2) is 8.22. The highest BCUT2D eigenvalue weighted by molar-refractivity contribution is 8.00. The van der Waals surface area contributed by atoms with Gasteiger partial charge in [-0.1, -0.05) is 6.07 Å². The molecule has 0 saturated heterocycles. The number of rotatable bonds is 6. The fourth-order valence-electron chi connectivity index (χ4n) is 2.69. The molecule has 27 heavy (non-hydrogen) atoms. The number of carbonyl (C=O) groups is 3. The molecule has 3 N–H and O–H groups in total. The number of amides is 2. The van der Waals surface area contributed by atoms with Gasteiger partial charge in [0.25, 0.3) is 5.91 Å². The van der Waals surface area contributed by atoms with Crippen molar-refractivity contribution in [2.75, 3.05) is 11.9 Å². The van der Waals surface area contributed by atoms with Crippen molar-refractivity contribution in [3.05, 3.63) is 53.9 Å². The number of pyridine rings is 1. The largest absolute Gasteiger partial charge is 0.481 e. The normalized spacial score (nSPS) is 16.8. The minimum atomic E-state index is -0.996. The Morgan fingerprint density at radius 1 is 1.33 bits per heavy atom. The van der Waals surface area contributed by atoms with Gasteiger partial charge in [-0.15, -0.1) is 11.8 Å². The van der Waals surface area contributed by atoms with Gasteiger partial charge in [0.1, 0.15) is 0 Å². The number of carbonyl (C=O) groups excluding carboxylic acids is 2. The summed E-state index contributed by atoms with van der Waals surface area (Å²) in [5.74, 6) is -2.27. The Morgan fingerprint density at radius 3 is 2.85 bits per heavy atom. The smallest absolute Gasteiger partial charge is 0.308 e. The van der Waals surface area contributed by atoms with Gasteiger partial charge in [-0.2, -0.15) is 0 Å². The molecule has 7 nitrogen and oxygen atoms in total. The first-order chi connectivity index (χ1) is 12.9. The van der Waals surface area contributed by atoms with E-state index < -0.39 is 11.9 Å². The summed E-state index contributed by atoms with van der Waals surface area (Å²) in [4.78, 5) is 40.7. The minimum absolute atomic E-state index is 0.0139. The zero-order chi connectivity index (χ0) is 19.4. The molecule has 8 heteroatoms. The Bertz CT molecular complexity index is 873. The molecule has 0 aliphatic carbocycles. The summed E-state index contributed by atoms with van der Waals surface area (Å²) >= 11 is 1.44. The molecule has 0 spiro atoms. The highest BCUT2D eigenvalue weighted by Gasteiger charge is 2.24. The number of aliphatic carboxylic acids is 1. The van der Waals surface area contributed by atoms with Gasteiger partial charge in [0.2, 0.25) is 5.91 Å². The molecule has 1 aromatic heterocycles. The third kappa shape index (κ3) is 4.65. The second-order valence-electron chi connectivity index (χ2n) is 6.23. The number of anilines is 1. The van der Waals surface area contributed by atoms with E-state index in [0.29, 0.717) is 16.9 Å². The van der Waals surface area contributed by atoms with Gasteiger partial charge in [0.05, 0.1) is 16.9 Å². The fourth-order valence-corrected chi connectivity index (χ4v) is 3.62. The predicted octanol–water partition coefficient (Wildman–Crippen LogP) is 2.19. The predicted molar refractivity (Wildman–Crippen MR) is 102 cm³/mol. The SMILES string of the molecule is CC1Sc2ccc(C(=O)NCC(Cc3ccccn3)C(=O)O)cc2NC1=O. The Morgan fingerprint density at radius 2 is 2.15 bits per heavy atom. The van der Waals surface area contributed by atoms with Crippen molar-refractivity contribution in [3.8, 4) is 0 Å². The van der Waals surface area contributed by atoms with E-state index in [-0.39, 0.29) is 30.0 Å². The van der Waals surface area contributed by atoms with Gasteiger partial charge < -0.3 is 15.7 Å². The first-order valence-corrected chi connectivity index (χ1v) is 9.34. The number of benzene rings is 1. The quantitative estimate of drug-likeness (QED) is 0.703. The zero-order valence-corrected chi connectivity index (χ0v) is 15.5. The summed E-state index contributed by atoms with van der Waals surface area (Å²) in [7, 11) is 0. The van der Waals surface area contributed by atoms with Crippen LogP contribution in [-0.2, 0) is 16.0 Å². The first kappa shape index (κ1) is 18.9. The van der Waals surface area contributed by atoms with Crippen LogP contribution in [0.25, 0.3) is 0 Å². The molecule has 0 bridgehead atoms. The van der Waals surface area contributed by atoms with Crippen LogP contribution >= 0.6 is 11.8 Å². The lowest BCUT2D eigenvalue weighted by atomic mass is 10.0. The topological polar surface area (TPSA) is 108 Å². The molecule has 0 saturated carbocycles. The zero-order valence-electron chi connectivity index (χ0n) is 14.6. The van der Waals surface area contributed by atoms with Crippen molar-refractivity contribution in [1.29, 1.82) is 0 Å². The van der Waals surface area contributed by atoms with Crippen LogP contribution in [0.15, 0.2) is 47.5 Å². The van der Waals surface area contributed by atoms with Gasteiger partial charge >= 0.3 is 5.97 Å². The van der Waals surface area contributed by atoms with E-state index in [1.54, 1.807) is 42.6 Å². The summed E-state index contributed by atoms with van der Waals surface area (Å²) in [6.45, 7) is 1.80. The molecule has 2 aromatic rings. The number of thioether (sulfide) groups is 1. The summed E-state index contributed by atoms with van der Waals surface area (Å²) in [6, 6.07) is 10.4. The van der Waals surface area contributed by atoms with Crippen LogP contribution in [0, 0.1) is 5.92 Å². The summed E-state index contributed by atoms with van der Waals surface area (Å²) in [5, 5.41) is 14.7. The van der Waals surface area contributed by atoms with E-state index in [1.807, 2.05) is 6.92 Å². The number of nitrogens with zero attached hydrogens (tertiary/aromatic N) is 1. The van der Waals surface area contributed by atoms with Crippen LogP contribution in [0.2, 0.25) is 0 Å². The Balaban J connectivity index is 1.65. The maximum Gasteiger partial charge on any atom is 0.308 e. The molecule has 1 aliphatic rings. The molecule has 140 valence electrons. The highest BCUT2D eigenvalue weighted by Crippen LogP contribution is 2.35. The third-order valence-corrected chi connectivity index (χ3v) is 5.39. The number of fused-ring (bicyclic) bond motifs is 1. The van der Waals surface area contributed by atoms with E-state index in [1.165, 1.54) is 11.8 Å². The van der Waals surface area contributed by atoms with Crippen LogP contribution in [0.5, 0.6) is 0 Å². The summed E-state index contributed by atoms with van der Waals surface area (Å²) in [6.07, 6.45) is 1.83. The van der Waals surface area contributed by atoms with Crippen molar-refractivity contribution in [2.24, 2.45) is 5.92 Å².